The fourth-order valence-corrected chi connectivity index (χ4v) is 5.54. The van der Waals surface area contributed by atoms with Crippen molar-refractivity contribution in [3.8, 4) is 11.1 Å². The van der Waals surface area contributed by atoms with Gasteiger partial charge < -0.3 is 15.0 Å². The Balaban J connectivity index is 1.45. The second-order valence-corrected chi connectivity index (χ2v) is 9.72. The molecule has 1 aromatic heterocycles. The number of benzene rings is 2. The highest BCUT2D eigenvalue weighted by atomic mass is 35.5. The summed E-state index contributed by atoms with van der Waals surface area (Å²) in [7, 11) is 0. The van der Waals surface area contributed by atoms with Gasteiger partial charge in [0, 0.05) is 37.8 Å². The van der Waals surface area contributed by atoms with E-state index < -0.39 is 5.97 Å². The molecule has 0 spiro atoms. The van der Waals surface area contributed by atoms with Crippen molar-refractivity contribution in [1.82, 2.24) is 4.90 Å². The van der Waals surface area contributed by atoms with Crippen molar-refractivity contribution in [3.05, 3.63) is 74.6 Å². The van der Waals surface area contributed by atoms with Crippen LogP contribution in [0.2, 0.25) is 4.34 Å². The summed E-state index contributed by atoms with van der Waals surface area (Å²) < 4.78 is 5.64. The van der Waals surface area contributed by atoms with Gasteiger partial charge in [0.2, 0.25) is 5.91 Å². The number of hydrogen-bond acceptors (Lipinski definition) is 8. The lowest BCUT2D eigenvalue weighted by molar-refractivity contribution is -0.384. The van der Waals surface area contributed by atoms with Crippen molar-refractivity contribution in [2.45, 2.75) is 6.92 Å². The van der Waals surface area contributed by atoms with Gasteiger partial charge in [-0.3, -0.25) is 19.8 Å². The number of amides is 1. The highest BCUT2D eigenvalue weighted by molar-refractivity contribution is 7.21. The molecule has 2 aromatic carbocycles. The Morgan fingerprint density at radius 1 is 1.08 bits per heavy atom. The first-order chi connectivity index (χ1) is 17.4. The molecule has 3 aromatic rings. The third-order valence-corrected chi connectivity index (χ3v) is 7.13. The van der Waals surface area contributed by atoms with Crippen LogP contribution in [0, 0.1) is 10.1 Å². The van der Waals surface area contributed by atoms with Crippen LogP contribution in [-0.4, -0.2) is 61.0 Å². The Kier molecular flexibility index (Phi) is 8.19. The fraction of sp³-hybridized carbons (Fsp3) is 0.280. The average Bonchev–Trinajstić information content (AvgIpc) is 3.20. The molecule has 1 saturated heterocycles. The van der Waals surface area contributed by atoms with E-state index in [2.05, 4.69) is 5.32 Å². The average molecular weight is 529 g/mol. The summed E-state index contributed by atoms with van der Waals surface area (Å²) in [5, 5.41) is 14.5. The smallest absolute Gasteiger partial charge is 0.341 e. The van der Waals surface area contributed by atoms with Gasteiger partial charge in [0.25, 0.3) is 5.69 Å². The highest BCUT2D eigenvalue weighted by Gasteiger charge is 2.28. The molecule has 0 radical (unpaired) electrons. The van der Waals surface area contributed by atoms with Gasteiger partial charge in [-0.25, -0.2) is 4.79 Å². The van der Waals surface area contributed by atoms with Crippen LogP contribution in [0.25, 0.3) is 11.1 Å². The number of carbonyl (C=O) groups is 2. The molecule has 36 heavy (non-hydrogen) atoms. The van der Waals surface area contributed by atoms with Crippen molar-refractivity contribution in [1.29, 1.82) is 0 Å². The van der Waals surface area contributed by atoms with Crippen LogP contribution < -0.4 is 10.2 Å². The lowest BCUT2D eigenvalue weighted by Crippen LogP contribution is -2.48. The number of thiophene rings is 1. The van der Waals surface area contributed by atoms with Gasteiger partial charge in [-0.05, 0) is 18.6 Å². The maximum Gasteiger partial charge on any atom is 0.341 e. The van der Waals surface area contributed by atoms with Crippen LogP contribution in [0.15, 0.2) is 54.6 Å². The van der Waals surface area contributed by atoms with Crippen LogP contribution in [0.1, 0.15) is 17.3 Å². The van der Waals surface area contributed by atoms with E-state index >= 15 is 0 Å². The van der Waals surface area contributed by atoms with Crippen molar-refractivity contribution in [3.63, 3.8) is 0 Å². The third kappa shape index (κ3) is 5.67. The number of nitro groups is 1. The molecule has 11 heteroatoms. The number of halogens is 1. The summed E-state index contributed by atoms with van der Waals surface area (Å²) in [5.41, 5.74) is 2.18. The monoisotopic (exact) mass is 528 g/mol. The van der Waals surface area contributed by atoms with Gasteiger partial charge in [0.05, 0.1) is 18.1 Å². The van der Waals surface area contributed by atoms with Crippen molar-refractivity contribution in [2.75, 3.05) is 49.5 Å². The molecule has 188 valence electrons. The molecular formula is C25H25ClN4O5S. The van der Waals surface area contributed by atoms with E-state index in [1.54, 1.807) is 25.1 Å². The van der Waals surface area contributed by atoms with Gasteiger partial charge in [-0.2, -0.15) is 0 Å². The predicted molar refractivity (Wildman–Crippen MR) is 141 cm³/mol. The molecule has 1 aliphatic heterocycles. The molecule has 0 bridgehead atoms. The van der Waals surface area contributed by atoms with Crippen molar-refractivity contribution >= 4 is 51.2 Å². The van der Waals surface area contributed by atoms with E-state index in [4.69, 9.17) is 16.3 Å². The first-order valence-corrected chi connectivity index (χ1v) is 12.6. The van der Waals surface area contributed by atoms with Gasteiger partial charge in [0.1, 0.15) is 20.6 Å². The van der Waals surface area contributed by atoms with E-state index in [0.29, 0.717) is 46.8 Å². The SMILES string of the molecule is CCOC(=O)c1c(NC(=O)CN2CCN(c3ccccc3[N+](=O)[O-])CC2)sc(Cl)c1-c1ccccc1. The minimum atomic E-state index is -0.548. The number of ether oxygens (including phenoxy) is 1. The molecule has 9 nitrogen and oxygen atoms in total. The molecular weight excluding hydrogens is 504 g/mol. The van der Waals surface area contributed by atoms with Gasteiger partial charge in [-0.1, -0.05) is 54.1 Å². The number of nitrogens with one attached hydrogen (secondary N) is 1. The lowest BCUT2D eigenvalue weighted by atomic mass is 10.0. The number of para-hydroxylation sites is 2. The summed E-state index contributed by atoms with van der Waals surface area (Å²) in [5.74, 6) is -0.829. The zero-order chi connectivity index (χ0) is 25.7. The third-order valence-electron chi connectivity index (χ3n) is 5.82. The quantitative estimate of drug-likeness (QED) is 0.251. The zero-order valence-electron chi connectivity index (χ0n) is 19.6. The number of rotatable bonds is 8. The molecule has 0 unspecified atom stereocenters. The second-order valence-electron chi connectivity index (χ2n) is 8.10. The molecule has 1 aliphatic rings. The highest BCUT2D eigenvalue weighted by Crippen LogP contribution is 2.44. The molecule has 1 amide bonds. The van der Waals surface area contributed by atoms with E-state index in [1.807, 2.05) is 40.1 Å². The fourth-order valence-electron chi connectivity index (χ4n) is 4.15. The first-order valence-electron chi connectivity index (χ1n) is 11.4. The minimum absolute atomic E-state index is 0.0685. The van der Waals surface area contributed by atoms with Crippen LogP contribution in [0.3, 0.4) is 0 Å². The van der Waals surface area contributed by atoms with Crippen LogP contribution in [-0.2, 0) is 9.53 Å². The van der Waals surface area contributed by atoms with E-state index in [1.165, 1.54) is 6.07 Å². The summed E-state index contributed by atoms with van der Waals surface area (Å²) in [6.45, 7) is 4.25. The zero-order valence-corrected chi connectivity index (χ0v) is 21.2. The number of hydrogen-bond donors (Lipinski definition) is 1. The molecule has 0 aliphatic carbocycles. The summed E-state index contributed by atoms with van der Waals surface area (Å²) >= 11 is 7.63. The largest absolute Gasteiger partial charge is 0.462 e. The minimum Gasteiger partial charge on any atom is -0.462 e. The van der Waals surface area contributed by atoms with Crippen LogP contribution >= 0.6 is 22.9 Å². The maximum atomic E-state index is 12.9. The first kappa shape index (κ1) is 25.6. The Bertz CT molecular complexity index is 1260. The van der Waals surface area contributed by atoms with Crippen molar-refractivity contribution in [2.24, 2.45) is 0 Å². The van der Waals surface area contributed by atoms with E-state index in [0.717, 1.165) is 16.9 Å². The Morgan fingerprint density at radius 2 is 1.75 bits per heavy atom. The molecule has 1 fully saturated rings. The summed E-state index contributed by atoms with van der Waals surface area (Å²) in [4.78, 5) is 40.6. The molecule has 2 heterocycles. The number of nitrogens with zero attached hydrogens (tertiary/aromatic N) is 3. The normalized spacial score (nSPS) is 13.9. The van der Waals surface area contributed by atoms with Gasteiger partial charge in [0.15, 0.2) is 0 Å². The van der Waals surface area contributed by atoms with Gasteiger partial charge >= 0.3 is 5.97 Å². The molecule has 4 rings (SSSR count). The van der Waals surface area contributed by atoms with Crippen LogP contribution in [0.4, 0.5) is 16.4 Å². The Labute approximate surface area is 217 Å². The maximum absolute atomic E-state index is 12.9. The van der Waals surface area contributed by atoms with E-state index in [-0.39, 0.29) is 35.2 Å². The van der Waals surface area contributed by atoms with Gasteiger partial charge in [-0.15, -0.1) is 11.3 Å². The molecule has 0 saturated carbocycles. The summed E-state index contributed by atoms with van der Waals surface area (Å²) in [6, 6.07) is 15.9. The number of esters is 1. The number of carbonyl (C=O) groups excluding carboxylic acids is 2. The summed E-state index contributed by atoms with van der Waals surface area (Å²) in [6.07, 6.45) is 0. The van der Waals surface area contributed by atoms with Crippen molar-refractivity contribution < 1.29 is 19.2 Å². The number of anilines is 2. The Hall–Kier alpha value is -3.47. The Morgan fingerprint density at radius 3 is 2.42 bits per heavy atom. The second kappa shape index (κ2) is 11.5. The molecule has 1 N–H and O–H groups in total. The topological polar surface area (TPSA) is 105 Å². The standard InChI is InChI=1S/C25H25ClN4O5S/c1-2-35-25(32)22-21(17-8-4-3-5-9-17)23(26)36-24(22)27-20(31)16-28-12-14-29(15-13-28)18-10-6-7-11-19(18)30(33)34/h3-11H,2,12-16H2,1H3,(H,27,31). The number of nitro benzene ring substituents is 1. The van der Waals surface area contributed by atoms with E-state index in [9.17, 15) is 19.7 Å². The molecule has 0 atom stereocenters. The predicted octanol–water partition coefficient (Wildman–Crippen LogP) is 4.91. The number of piperazine rings is 1. The lowest BCUT2D eigenvalue weighted by Gasteiger charge is -2.35. The van der Waals surface area contributed by atoms with Crippen LogP contribution in [0.5, 0.6) is 0 Å².